The van der Waals surface area contributed by atoms with Crippen molar-refractivity contribution in [3.8, 4) is 11.5 Å². The molecule has 3 atom stereocenters. The molecule has 0 bridgehead atoms. The van der Waals surface area contributed by atoms with Gasteiger partial charge in [0.25, 0.3) is 5.91 Å². The van der Waals surface area contributed by atoms with Gasteiger partial charge in [0.15, 0.2) is 0 Å². The van der Waals surface area contributed by atoms with Crippen molar-refractivity contribution >= 4 is 29.1 Å². The molecule has 11 heteroatoms. The lowest BCUT2D eigenvalue weighted by molar-refractivity contribution is -0.136. The fourth-order valence-electron chi connectivity index (χ4n) is 9.56. The highest BCUT2D eigenvalue weighted by molar-refractivity contribution is 6.05. The second kappa shape index (κ2) is 15.3. The van der Waals surface area contributed by atoms with E-state index in [9.17, 15) is 14.4 Å². The third-order valence-electron chi connectivity index (χ3n) is 12.7. The Balaban J connectivity index is 0.798. The highest BCUT2D eigenvalue weighted by atomic mass is 19.1. The predicted octanol–water partition coefficient (Wildman–Crippen LogP) is 5.94. The van der Waals surface area contributed by atoms with Crippen LogP contribution in [0.15, 0.2) is 84.9 Å². The molecule has 290 valence electrons. The van der Waals surface area contributed by atoms with Crippen LogP contribution in [0, 0.1) is 11.7 Å². The van der Waals surface area contributed by atoms with Crippen LogP contribution >= 0.6 is 0 Å². The van der Waals surface area contributed by atoms with Crippen molar-refractivity contribution in [1.82, 2.24) is 15.1 Å². The number of hydrogen-bond donors (Lipinski definition) is 1. The van der Waals surface area contributed by atoms with Crippen molar-refractivity contribution in [3.63, 3.8) is 0 Å². The summed E-state index contributed by atoms with van der Waals surface area (Å²) in [7, 11) is 1.65. The summed E-state index contributed by atoms with van der Waals surface area (Å²) in [5.41, 5.74) is 6.52. The van der Waals surface area contributed by atoms with E-state index in [0.29, 0.717) is 36.7 Å². The lowest BCUT2D eigenvalue weighted by Crippen LogP contribution is -2.52. The number of benzene rings is 4. The number of methoxy groups -OCH3 is 1. The van der Waals surface area contributed by atoms with E-state index in [2.05, 4.69) is 50.3 Å². The molecule has 4 aromatic carbocycles. The van der Waals surface area contributed by atoms with Gasteiger partial charge in [-0.3, -0.25) is 24.6 Å². The van der Waals surface area contributed by atoms with Crippen LogP contribution in [0.2, 0.25) is 0 Å². The summed E-state index contributed by atoms with van der Waals surface area (Å²) in [6.07, 6.45) is 2.66. The maximum absolute atomic E-state index is 16.1. The van der Waals surface area contributed by atoms with Crippen molar-refractivity contribution in [2.75, 3.05) is 69.3 Å². The standard InChI is InChI=1S/C45H48FN5O5/c1-55-34-9-11-36-41(25-34)56-28-37(30-5-3-2-4-6-30)43(36)31-7-12-39(38(46)24-31)50-17-15-29(16-18-50)26-48-19-21-49(22-20-48)33-8-10-35-32(23-33)27-51(45(35)54)40-13-14-42(52)47-44(40)53/h2-12,23-25,29,37,40,43H,13-22,26-28H2,1H3,(H,47,52,53)/t37-,40+,43?/m1/s1. The van der Waals surface area contributed by atoms with Gasteiger partial charge in [0.1, 0.15) is 23.4 Å². The van der Waals surface area contributed by atoms with Crippen molar-refractivity contribution in [3.05, 3.63) is 119 Å². The molecule has 3 fully saturated rings. The monoisotopic (exact) mass is 757 g/mol. The Hall–Kier alpha value is -5.42. The molecule has 5 aliphatic heterocycles. The Kier molecular flexibility index (Phi) is 9.87. The molecule has 10 nitrogen and oxygen atoms in total. The number of amides is 3. The number of rotatable bonds is 8. The topological polar surface area (TPSA) is 94.7 Å². The molecule has 3 amide bonds. The third-order valence-corrected chi connectivity index (χ3v) is 12.7. The third kappa shape index (κ3) is 6.97. The van der Waals surface area contributed by atoms with Crippen LogP contribution in [0.4, 0.5) is 15.8 Å². The number of carbonyl (C=O) groups is 3. The van der Waals surface area contributed by atoms with Crippen molar-refractivity contribution in [1.29, 1.82) is 0 Å². The van der Waals surface area contributed by atoms with Gasteiger partial charge in [0.05, 0.1) is 19.4 Å². The average molecular weight is 758 g/mol. The summed E-state index contributed by atoms with van der Waals surface area (Å²) in [4.78, 5) is 46.0. The van der Waals surface area contributed by atoms with Crippen molar-refractivity contribution in [2.24, 2.45) is 5.92 Å². The predicted molar refractivity (Wildman–Crippen MR) is 212 cm³/mol. The number of nitrogens with one attached hydrogen (secondary N) is 1. The number of halogens is 1. The molecule has 1 unspecified atom stereocenters. The zero-order valence-corrected chi connectivity index (χ0v) is 31.8. The minimum atomic E-state index is -0.606. The number of piperidine rings is 2. The van der Waals surface area contributed by atoms with Gasteiger partial charge in [0, 0.05) is 93.5 Å². The van der Waals surface area contributed by atoms with Crippen LogP contribution in [0.1, 0.15) is 70.1 Å². The summed E-state index contributed by atoms with van der Waals surface area (Å²) in [6.45, 7) is 7.31. The largest absolute Gasteiger partial charge is 0.497 e. The smallest absolute Gasteiger partial charge is 0.255 e. The molecule has 0 aliphatic carbocycles. The maximum Gasteiger partial charge on any atom is 0.255 e. The average Bonchev–Trinajstić information content (AvgIpc) is 3.55. The Morgan fingerprint density at radius 3 is 2.38 bits per heavy atom. The van der Waals surface area contributed by atoms with E-state index in [-0.39, 0.29) is 41.8 Å². The zero-order valence-electron chi connectivity index (χ0n) is 31.8. The van der Waals surface area contributed by atoms with Crippen LogP contribution < -0.4 is 24.6 Å². The van der Waals surface area contributed by atoms with E-state index in [0.717, 1.165) is 92.5 Å². The fourth-order valence-corrected chi connectivity index (χ4v) is 9.56. The van der Waals surface area contributed by atoms with Gasteiger partial charge >= 0.3 is 0 Å². The second-order valence-corrected chi connectivity index (χ2v) is 15.9. The van der Waals surface area contributed by atoms with Crippen LogP contribution in [0.3, 0.4) is 0 Å². The van der Waals surface area contributed by atoms with E-state index in [1.807, 2.05) is 48.5 Å². The summed E-state index contributed by atoms with van der Waals surface area (Å²) in [5, 5.41) is 2.38. The number of carbonyl (C=O) groups excluding carboxylic acids is 3. The minimum absolute atomic E-state index is 0.0518. The maximum atomic E-state index is 16.1. The van der Waals surface area contributed by atoms with Gasteiger partial charge in [-0.25, -0.2) is 4.39 Å². The Morgan fingerprint density at radius 1 is 0.821 bits per heavy atom. The molecule has 1 N–H and O–H groups in total. The lowest BCUT2D eigenvalue weighted by atomic mass is 9.76. The molecule has 0 saturated carbocycles. The Bertz CT molecular complexity index is 2130. The van der Waals surface area contributed by atoms with Gasteiger partial charge in [-0.15, -0.1) is 0 Å². The highest BCUT2D eigenvalue weighted by Gasteiger charge is 2.40. The summed E-state index contributed by atoms with van der Waals surface area (Å²) < 4.78 is 27.9. The first kappa shape index (κ1) is 36.2. The number of nitrogens with zero attached hydrogens (tertiary/aromatic N) is 4. The van der Waals surface area contributed by atoms with Gasteiger partial charge in [0.2, 0.25) is 11.8 Å². The number of hydrogen-bond acceptors (Lipinski definition) is 8. The number of fused-ring (bicyclic) bond motifs is 2. The quantitative estimate of drug-likeness (QED) is 0.221. The van der Waals surface area contributed by atoms with Gasteiger partial charge < -0.3 is 24.2 Å². The first-order valence-corrected chi connectivity index (χ1v) is 20.0. The van der Waals surface area contributed by atoms with E-state index in [4.69, 9.17) is 9.47 Å². The number of imide groups is 1. The van der Waals surface area contributed by atoms with Gasteiger partial charge in [-0.2, -0.15) is 0 Å². The van der Waals surface area contributed by atoms with E-state index in [1.165, 1.54) is 5.56 Å². The molecule has 5 heterocycles. The molecule has 0 radical (unpaired) electrons. The SMILES string of the molecule is COc1ccc2c(c1)OC[C@H](c1ccccc1)C2c1ccc(N2CCC(CN3CCN(c4ccc5c(c4)CN([C@H]4CCC(=O)NC4=O)C5=O)CC3)CC2)c(F)c1. The van der Waals surface area contributed by atoms with E-state index in [1.54, 1.807) is 18.1 Å². The Morgan fingerprint density at radius 2 is 1.62 bits per heavy atom. The molecular weight excluding hydrogens is 710 g/mol. The summed E-state index contributed by atoms with van der Waals surface area (Å²) in [5.74, 6) is 1.11. The first-order valence-electron chi connectivity index (χ1n) is 20.0. The minimum Gasteiger partial charge on any atom is -0.497 e. The second-order valence-electron chi connectivity index (χ2n) is 15.9. The van der Waals surface area contributed by atoms with Crippen LogP contribution in [0.5, 0.6) is 11.5 Å². The molecule has 0 aromatic heterocycles. The number of anilines is 2. The molecule has 56 heavy (non-hydrogen) atoms. The number of piperazine rings is 1. The van der Waals surface area contributed by atoms with Gasteiger partial charge in [-0.05, 0) is 78.3 Å². The fraction of sp³-hybridized carbons (Fsp3) is 0.400. The molecule has 0 spiro atoms. The van der Waals surface area contributed by atoms with Crippen molar-refractivity contribution in [2.45, 2.75) is 50.1 Å². The van der Waals surface area contributed by atoms with Gasteiger partial charge in [-0.1, -0.05) is 42.5 Å². The number of ether oxygens (including phenoxy) is 2. The first-order chi connectivity index (χ1) is 27.3. The summed E-state index contributed by atoms with van der Waals surface area (Å²) in [6, 6.07) is 27.5. The molecular formula is C45H48FN5O5. The molecule has 3 saturated heterocycles. The molecule has 5 aliphatic rings. The van der Waals surface area contributed by atoms with Crippen LogP contribution in [-0.4, -0.2) is 93.1 Å². The normalized spacial score (nSPS) is 23.1. The highest BCUT2D eigenvalue weighted by Crippen LogP contribution is 2.47. The zero-order chi connectivity index (χ0) is 38.3. The van der Waals surface area contributed by atoms with E-state index < -0.39 is 6.04 Å². The van der Waals surface area contributed by atoms with Crippen LogP contribution in [-0.2, 0) is 16.1 Å². The van der Waals surface area contributed by atoms with E-state index >= 15 is 4.39 Å². The molecule has 9 rings (SSSR count). The van der Waals surface area contributed by atoms with Crippen LogP contribution in [0.25, 0.3) is 0 Å². The molecule has 4 aromatic rings. The van der Waals surface area contributed by atoms with Crippen molar-refractivity contribution < 1.29 is 28.2 Å². The Labute approximate surface area is 327 Å². The summed E-state index contributed by atoms with van der Waals surface area (Å²) >= 11 is 0. The lowest BCUT2D eigenvalue weighted by Gasteiger charge is -2.40.